The van der Waals surface area contributed by atoms with Gasteiger partial charge in [-0.25, -0.2) is 9.59 Å². The van der Waals surface area contributed by atoms with Crippen LogP contribution in [0, 0.1) is 0 Å². The van der Waals surface area contributed by atoms with Crippen molar-refractivity contribution >= 4 is 29.2 Å². The average molecular weight is 423 g/mol. The second-order valence-electron chi connectivity index (χ2n) is 6.38. The number of halogens is 1. The number of rotatable bonds is 5. The van der Waals surface area contributed by atoms with Crippen molar-refractivity contribution in [1.82, 2.24) is 5.32 Å². The number of carbonyl (C=O) groups is 2. The van der Waals surface area contributed by atoms with E-state index in [1.165, 1.54) is 16.7 Å². The minimum Gasteiger partial charge on any atom is -0.479 e. The summed E-state index contributed by atoms with van der Waals surface area (Å²) in [4.78, 5) is 19.5. The van der Waals surface area contributed by atoms with Gasteiger partial charge in [-0.05, 0) is 41.3 Å². The van der Waals surface area contributed by atoms with Crippen LogP contribution >= 0.6 is 11.6 Å². The molecule has 156 valence electrons. The van der Waals surface area contributed by atoms with Gasteiger partial charge < -0.3 is 31.1 Å². The van der Waals surface area contributed by atoms with Crippen LogP contribution in [0.15, 0.2) is 42.5 Å². The Morgan fingerprint density at radius 2 is 1.69 bits per heavy atom. The van der Waals surface area contributed by atoms with Gasteiger partial charge in [0.2, 0.25) is 0 Å². The average Bonchev–Trinajstić information content (AvgIpc) is 2.72. The molecular formula is C20H23ClN2O6. The van der Waals surface area contributed by atoms with Gasteiger partial charge in [-0.3, -0.25) is 0 Å². The quantitative estimate of drug-likeness (QED) is 0.426. The third kappa shape index (κ3) is 5.68. The predicted molar refractivity (Wildman–Crippen MR) is 108 cm³/mol. The normalized spacial score (nSPS) is 17.2. The smallest absolute Gasteiger partial charge is 0.335 e. The summed E-state index contributed by atoms with van der Waals surface area (Å²) in [5, 5.41) is 40.1. The number of anilines is 1. The van der Waals surface area contributed by atoms with E-state index in [2.05, 4.69) is 34.9 Å². The maximum atomic E-state index is 9.77. The first kappa shape index (κ1) is 22.6. The lowest BCUT2D eigenvalue weighted by Crippen LogP contribution is -2.39. The molecule has 1 aliphatic rings. The lowest BCUT2D eigenvalue weighted by atomic mass is 9.89. The van der Waals surface area contributed by atoms with Crippen LogP contribution in [0.3, 0.4) is 0 Å². The predicted octanol–water partition coefficient (Wildman–Crippen LogP) is 1.49. The molecule has 0 fully saturated rings. The number of nitrogens with one attached hydrogen (secondary N) is 2. The minimum atomic E-state index is -2.27. The molecule has 6 N–H and O–H groups in total. The highest BCUT2D eigenvalue weighted by Crippen LogP contribution is 2.34. The van der Waals surface area contributed by atoms with Crippen LogP contribution in [0.25, 0.3) is 0 Å². The molecule has 1 heterocycles. The summed E-state index contributed by atoms with van der Waals surface area (Å²) >= 11 is 6.16. The Balaban J connectivity index is 0.000000257. The van der Waals surface area contributed by atoms with Gasteiger partial charge in [0.05, 0.1) is 6.04 Å². The van der Waals surface area contributed by atoms with Crippen molar-refractivity contribution in [2.24, 2.45) is 0 Å². The molecule has 3 atom stereocenters. The third-order valence-corrected chi connectivity index (χ3v) is 4.74. The molecule has 0 radical (unpaired) electrons. The van der Waals surface area contributed by atoms with Gasteiger partial charge in [0, 0.05) is 24.3 Å². The van der Waals surface area contributed by atoms with E-state index in [0.717, 1.165) is 23.7 Å². The van der Waals surface area contributed by atoms with E-state index in [-0.39, 0.29) is 6.04 Å². The van der Waals surface area contributed by atoms with Crippen molar-refractivity contribution in [2.75, 3.05) is 18.9 Å². The van der Waals surface area contributed by atoms with Crippen LogP contribution in [0.5, 0.6) is 0 Å². The molecule has 3 rings (SSSR count). The van der Waals surface area contributed by atoms with E-state index >= 15 is 0 Å². The molecule has 1 aliphatic heterocycles. The molecule has 2 aromatic carbocycles. The van der Waals surface area contributed by atoms with Crippen LogP contribution in [0.1, 0.15) is 22.7 Å². The first-order valence-corrected chi connectivity index (χ1v) is 9.24. The lowest BCUT2D eigenvalue weighted by Gasteiger charge is -2.29. The highest BCUT2D eigenvalue weighted by atomic mass is 35.5. The second kappa shape index (κ2) is 10.2. The van der Waals surface area contributed by atoms with Crippen molar-refractivity contribution in [2.45, 2.75) is 24.7 Å². The molecule has 0 unspecified atom stereocenters. The molecule has 0 saturated carbocycles. The van der Waals surface area contributed by atoms with E-state index in [0.29, 0.717) is 0 Å². The van der Waals surface area contributed by atoms with E-state index in [9.17, 15) is 9.59 Å². The number of benzene rings is 2. The standard InChI is InChI=1S/C16H17ClN2.C4H6O6/c1-18-15-7-6-12(17)10-14(15)16-13-5-3-2-4-11(13)8-9-19-16;5-1(3(7)8)2(6)4(9)10/h2-7,10,16,18-19H,8-9H2,1H3;1-2,5-6H,(H,7,8)(H,9,10)/t16-;1-,2-/m01/s1. The molecule has 9 heteroatoms. The van der Waals surface area contributed by atoms with Crippen LogP contribution in [0.2, 0.25) is 5.02 Å². The zero-order valence-corrected chi connectivity index (χ0v) is 16.4. The molecular weight excluding hydrogens is 400 g/mol. The molecule has 2 aromatic rings. The topological polar surface area (TPSA) is 139 Å². The molecule has 0 amide bonds. The van der Waals surface area contributed by atoms with Crippen LogP contribution < -0.4 is 10.6 Å². The van der Waals surface area contributed by atoms with Crippen molar-refractivity contribution in [3.8, 4) is 0 Å². The fourth-order valence-electron chi connectivity index (χ4n) is 3.05. The first-order valence-electron chi connectivity index (χ1n) is 8.86. The van der Waals surface area contributed by atoms with Crippen molar-refractivity contribution in [3.63, 3.8) is 0 Å². The molecule has 29 heavy (non-hydrogen) atoms. The maximum Gasteiger partial charge on any atom is 0.335 e. The first-order chi connectivity index (χ1) is 13.8. The fourth-order valence-corrected chi connectivity index (χ4v) is 3.23. The van der Waals surface area contributed by atoms with Gasteiger partial charge in [-0.2, -0.15) is 0 Å². The second-order valence-corrected chi connectivity index (χ2v) is 6.82. The lowest BCUT2D eigenvalue weighted by molar-refractivity contribution is -0.165. The third-order valence-electron chi connectivity index (χ3n) is 4.51. The summed E-state index contributed by atoms with van der Waals surface area (Å²) in [5.41, 5.74) is 5.11. The summed E-state index contributed by atoms with van der Waals surface area (Å²) in [6.45, 7) is 0.997. The molecule has 0 bridgehead atoms. The fraction of sp³-hybridized carbons (Fsp3) is 0.300. The van der Waals surface area contributed by atoms with E-state index in [1.54, 1.807) is 0 Å². The van der Waals surface area contributed by atoms with Gasteiger partial charge in [0.1, 0.15) is 0 Å². The van der Waals surface area contributed by atoms with Gasteiger partial charge in [-0.1, -0.05) is 35.9 Å². The van der Waals surface area contributed by atoms with Crippen molar-refractivity contribution < 1.29 is 30.0 Å². The van der Waals surface area contributed by atoms with Gasteiger partial charge in [0.15, 0.2) is 12.2 Å². The number of aliphatic hydroxyl groups excluding tert-OH is 2. The van der Waals surface area contributed by atoms with Gasteiger partial charge >= 0.3 is 11.9 Å². The van der Waals surface area contributed by atoms with E-state index in [1.807, 2.05) is 25.2 Å². The van der Waals surface area contributed by atoms with Crippen LogP contribution in [-0.4, -0.2) is 58.2 Å². The summed E-state index contributed by atoms with van der Waals surface area (Å²) in [6.07, 6.45) is -3.45. The summed E-state index contributed by atoms with van der Waals surface area (Å²) in [5.74, 6) is -3.54. The number of aliphatic carboxylic acids is 2. The summed E-state index contributed by atoms with van der Waals surface area (Å²) < 4.78 is 0. The Labute approximate surface area is 172 Å². The molecule has 0 aliphatic carbocycles. The van der Waals surface area contributed by atoms with Crippen LogP contribution in [-0.2, 0) is 16.0 Å². The van der Waals surface area contributed by atoms with Crippen molar-refractivity contribution in [3.05, 3.63) is 64.2 Å². The molecule has 8 nitrogen and oxygen atoms in total. The molecule has 0 saturated heterocycles. The Hall–Kier alpha value is -2.65. The summed E-state index contributed by atoms with van der Waals surface area (Å²) in [6, 6.07) is 14.8. The monoisotopic (exact) mass is 422 g/mol. The highest BCUT2D eigenvalue weighted by Gasteiger charge is 2.29. The van der Waals surface area contributed by atoms with Gasteiger partial charge in [0.25, 0.3) is 0 Å². The number of carboxylic acid groups (broad SMARTS) is 2. The maximum absolute atomic E-state index is 9.77. The zero-order chi connectivity index (χ0) is 21.6. The number of fused-ring (bicyclic) bond motifs is 1. The van der Waals surface area contributed by atoms with Crippen LogP contribution in [0.4, 0.5) is 5.69 Å². The van der Waals surface area contributed by atoms with Crippen molar-refractivity contribution in [1.29, 1.82) is 0 Å². The zero-order valence-electron chi connectivity index (χ0n) is 15.7. The number of aliphatic hydroxyl groups is 2. The Kier molecular flexibility index (Phi) is 7.98. The SMILES string of the molecule is CNc1ccc(Cl)cc1[C@H]1NCCc2ccccc21.O=C(O)[C@H](O)[C@@H](O)C(=O)O. The Morgan fingerprint density at radius 3 is 2.28 bits per heavy atom. The Bertz CT molecular complexity index is 858. The number of hydrogen-bond acceptors (Lipinski definition) is 6. The largest absolute Gasteiger partial charge is 0.479 e. The minimum absolute atomic E-state index is 0.214. The number of carboxylic acids is 2. The Morgan fingerprint density at radius 1 is 1.07 bits per heavy atom. The van der Waals surface area contributed by atoms with Gasteiger partial charge in [-0.15, -0.1) is 0 Å². The summed E-state index contributed by atoms with van der Waals surface area (Å²) in [7, 11) is 1.95. The van der Waals surface area contributed by atoms with E-state index in [4.69, 9.17) is 32.0 Å². The van der Waals surface area contributed by atoms with E-state index < -0.39 is 24.1 Å². The molecule has 0 aromatic heterocycles. The molecule has 0 spiro atoms. The highest BCUT2D eigenvalue weighted by molar-refractivity contribution is 6.30. The number of hydrogen-bond donors (Lipinski definition) is 6.